The summed E-state index contributed by atoms with van der Waals surface area (Å²) in [6, 6.07) is 5.20. The van der Waals surface area contributed by atoms with Crippen molar-refractivity contribution >= 4 is 33.9 Å². The fourth-order valence-corrected chi connectivity index (χ4v) is 2.77. The van der Waals surface area contributed by atoms with Gasteiger partial charge >= 0.3 is 5.97 Å². The number of cyclic esters (lactones) is 1. The third-order valence-electron chi connectivity index (χ3n) is 3.56. The first kappa shape index (κ1) is 17.9. The fraction of sp³-hybridized carbons (Fsp3) is 0.167. The molecule has 0 bridgehead atoms. The monoisotopic (exact) mass is 418 g/mol. The van der Waals surface area contributed by atoms with Crippen LogP contribution in [0.25, 0.3) is 6.08 Å². The summed E-state index contributed by atoms with van der Waals surface area (Å²) >= 11 is 3.33. The number of pyridine rings is 1. The number of hydrogen-bond acceptors (Lipinski definition) is 7. The Bertz CT molecular complexity index is 899. The first-order valence-electron chi connectivity index (χ1n) is 7.49. The van der Waals surface area contributed by atoms with Crippen LogP contribution in [0.3, 0.4) is 0 Å². The Labute approximate surface area is 158 Å². The number of aliphatic imine (C=N–C) groups is 1. The fourth-order valence-electron chi connectivity index (χ4n) is 2.40. The van der Waals surface area contributed by atoms with Gasteiger partial charge in [-0.3, -0.25) is 4.98 Å². The van der Waals surface area contributed by atoms with Gasteiger partial charge in [0.25, 0.3) is 0 Å². The van der Waals surface area contributed by atoms with Crippen LogP contribution >= 0.6 is 15.9 Å². The van der Waals surface area contributed by atoms with E-state index >= 15 is 0 Å². The van der Waals surface area contributed by atoms with Gasteiger partial charge in [-0.05, 0) is 45.8 Å². The Morgan fingerprint density at radius 1 is 1.04 bits per heavy atom. The molecule has 0 amide bonds. The van der Waals surface area contributed by atoms with Crippen molar-refractivity contribution in [1.29, 1.82) is 0 Å². The van der Waals surface area contributed by atoms with Crippen LogP contribution in [-0.2, 0) is 9.53 Å². The Hall–Kier alpha value is -2.87. The van der Waals surface area contributed by atoms with Gasteiger partial charge in [0.05, 0.1) is 26.9 Å². The summed E-state index contributed by atoms with van der Waals surface area (Å²) in [5.41, 5.74) is 1.42. The third kappa shape index (κ3) is 3.55. The highest BCUT2D eigenvalue weighted by atomic mass is 79.9. The lowest BCUT2D eigenvalue weighted by Gasteiger charge is -2.12. The number of esters is 1. The summed E-state index contributed by atoms with van der Waals surface area (Å²) in [5, 5.41) is 0. The van der Waals surface area contributed by atoms with E-state index in [0.29, 0.717) is 28.4 Å². The summed E-state index contributed by atoms with van der Waals surface area (Å²) in [7, 11) is 4.57. The molecule has 0 unspecified atom stereocenters. The van der Waals surface area contributed by atoms with Gasteiger partial charge in [0.2, 0.25) is 11.6 Å². The van der Waals surface area contributed by atoms with Crippen molar-refractivity contribution in [1.82, 2.24) is 4.98 Å². The van der Waals surface area contributed by atoms with Crippen molar-refractivity contribution in [2.24, 2.45) is 4.99 Å². The SMILES string of the molecule is COc1cc(C=C2N=C(c3cncc(Br)c3)OC2=O)cc(OC)c1OC. The highest BCUT2D eigenvalue weighted by Crippen LogP contribution is 2.39. The number of aromatic nitrogens is 1. The molecule has 134 valence electrons. The van der Waals surface area contributed by atoms with E-state index in [4.69, 9.17) is 18.9 Å². The smallest absolute Gasteiger partial charge is 0.363 e. The second kappa shape index (κ2) is 7.57. The van der Waals surface area contributed by atoms with Crippen LogP contribution in [-0.4, -0.2) is 38.2 Å². The van der Waals surface area contributed by atoms with Crippen LogP contribution in [0.5, 0.6) is 17.2 Å². The molecule has 3 rings (SSSR count). The Morgan fingerprint density at radius 3 is 2.31 bits per heavy atom. The van der Waals surface area contributed by atoms with Crippen LogP contribution < -0.4 is 14.2 Å². The molecule has 2 aromatic rings. The molecule has 0 N–H and O–H groups in total. The van der Waals surface area contributed by atoms with Crippen molar-refractivity contribution in [3.63, 3.8) is 0 Å². The molecule has 0 radical (unpaired) electrons. The van der Waals surface area contributed by atoms with Gasteiger partial charge in [-0.15, -0.1) is 0 Å². The lowest BCUT2D eigenvalue weighted by molar-refractivity contribution is -0.129. The van der Waals surface area contributed by atoms with Gasteiger partial charge in [0.1, 0.15) is 0 Å². The van der Waals surface area contributed by atoms with Gasteiger partial charge in [-0.1, -0.05) is 0 Å². The average molecular weight is 419 g/mol. The number of halogens is 1. The Balaban J connectivity index is 2.00. The standard InChI is InChI=1S/C18H15BrN2O5/c1-23-14-5-10(6-15(24-2)16(14)25-3)4-13-18(22)26-17(21-13)11-7-12(19)9-20-8-11/h4-9H,1-3H3. The van der Waals surface area contributed by atoms with Gasteiger partial charge < -0.3 is 18.9 Å². The first-order valence-corrected chi connectivity index (χ1v) is 8.28. The van der Waals surface area contributed by atoms with Gasteiger partial charge in [-0.2, -0.15) is 0 Å². The lowest BCUT2D eigenvalue weighted by Crippen LogP contribution is -2.05. The molecule has 0 spiro atoms. The number of hydrogen-bond donors (Lipinski definition) is 0. The Morgan fingerprint density at radius 2 is 1.73 bits per heavy atom. The zero-order valence-corrected chi connectivity index (χ0v) is 15.9. The van der Waals surface area contributed by atoms with Crippen molar-refractivity contribution < 1.29 is 23.7 Å². The number of benzene rings is 1. The zero-order valence-electron chi connectivity index (χ0n) is 14.3. The molecule has 1 aromatic carbocycles. The quantitative estimate of drug-likeness (QED) is 0.547. The molecule has 1 aromatic heterocycles. The molecular weight excluding hydrogens is 404 g/mol. The second-order valence-corrected chi connectivity index (χ2v) is 6.10. The molecule has 2 heterocycles. The number of ether oxygens (including phenoxy) is 4. The van der Waals surface area contributed by atoms with Crippen LogP contribution in [0, 0.1) is 0 Å². The lowest BCUT2D eigenvalue weighted by atomic mass is 10.1. The second-order valence-electron chi connectivity index (χ2n) is 5.19. The van der Waals surface area contributed by atoms with E-state index in [1.807, 2.05) is 0 Å². The number of carbonyl (C=O) groups excluding carboxylic acids is 1. The maximum Gasteiger partial charge on any atom is 0.363 e. The molecule has 1 aliphatic heterocycles. The van der Waals surface area contributed by atoms with Crippen LogP contribution in [0.1, 0.15) is 11.1 Å². The molecule has 1 aliphatic rings. The molecule has 0 saturated carbocycles. The normalized spacial score (nSPS) is 14.8. The summed E-state index contributed by atoms with van der Waals surface area (Å²) in [5.74, 6) is 1.07. The maximum absolute atomic E-state index is 12.2. The summed E-state index contributed by atoms with van der Waals surface area (Å²) in [6.45, 7) is 0. The predicted octanol–water partition coefficient (Wildman–Crippen LogP) is 3.21. The van der Waals surface area contributed by atoms with Crippen LogP contribution in [0.4, 0.5) is 0 Å². The van der Waals surface area contributed by atoms with Crippen molar-refractivity contribution in [2.45, 2.75) is 0 Å². The minimum atomic E-state index is -0.547. The topological polar surface area (TPSA) is 79.2 Å². The van der Waals surface area contributed by atoms with E-state index < -0.39 is 5.97 Å². The highest BCUT2D eigenvalue weighted by molar-refractivity contribution is 9.10. The van der Waals surface area contributed by atoms with E-state index in [1.165, 1.54) is 21.3 Å². The first-order chi connectivity index (χ1) is 12.5. The van der Waals surface area contributed by atoms with Crippen molar-refractivity contribution in [3.8, 4) is 17.2 Å². The minimum Gasteiger partial charge on any atom is -0.493 e. The predicted molar refractivity (Wildman–Crippen MR) is 98.6 cm³/mol. The van der Waals surface area contributed by atoms with E-state index in [0.717, 1.165) is 4.47 Å². The summed E-state index contributed by atoms with van der Waals surface area (Å²) in [6.07, 6.45) is 4.79. The number of nitrogens with zero attached hydrogens (tertiary/aromatic N) is 2. The maximum atomic E-state index is 12.2. The Kier molecular flexibility index (Phi) is 5.22. The molecule has 0 aliphatic carbocycles. The summed E-state index contributed by atoms with van der Waals surface area (Å²) < 4.78 is 21.9. The van der Waals surface area contributed by atoms with E-state index in [1.54, 1.807) is 36.7 Å². The molecule has 0 fully saturated rings. The van der Waals surface area contributed by atoms with Crippen LogP contribution in [0.15, 0.2) is 45.8 Å². The number of carbonyl (C=O) groups is 1. The number of methoxy groups -OCH3 is 3. The molecule has 8 heteroatoms. The number of rotatable bonds is 5. The molecule has 0 saturated heterocycles. The molecule has 0 atom stereocenters. The largest absolute Gasteiger partial charge is 0.493 e. The van der Waals surface area contributed by atoms with Crippen molar-refractivity contribution in [3.05, 3.63) is 51.9 Å². The van der Waals surface area contributed by atoms with Gasteiger partial charge in [-0.25, -0.2) is 9.79 Å². The van der Waals surface area contributed by atoms with Crippen molar-refractivity contribution in [2.75, 3.05) is 21.3 Å². The van der Waals surface area contributed by atoms with Crippen LogP contribution in [0.2, 0.25) is 0 Å². The van der Waals surface area contributed by atoms with Gasteiger partial charge in [0.15, 0.2) is 17.2 Å². The summed E-state index contributed by atoms with van der Waals surface area (Å²) in [4.78, 5) is 20.5. The van der Waals surface area contributed by atoms with E-state index in [2.05, 4.69) is 25.9 Å². The molecule has 26 heavy (non-hydrogen) atoms. The average Bonchev–Trinajstić information content (AvgIpc) is 3.01. The molecular formula is C18H15BrN2O5. The van der Waals surface area contributed by atoms with E-state index in [9.17, 15) is 4.79 Å². The van der Waals surface area contributed by atoms with E-state index in [-0.39, 0.29) is 11.6 Å². The zero-order chi connectivity index (χ0) is 18.7. The highest BCUT2D eigenvalue weighted by Gasteiger charge is 2.25. The third-order valence-corrected chi connectivity index (χ3v) is 4.00. The minimum absolute atomic E-state index is 0.161. The van der Waals surface area contributed by atoms with Gasteiger partial charge in [0, 0.05) is 16.9 Å². The molecule has 7 nitrogen and oxygen atoms in total.